The second-order valence-corrected chi connectivity index (χ2v) is 11.7. The molecule has 0 saturated heterocycles. The molecule has 0 radical (unpaired) electrons. The van der Waals surface area contributed by atoms with Gasteiger partial charge in [-0.3, -0.25) is 9.59 Å². The molecule has 3 aromatic carbocycles. The number of carbonyl (C=O) groups is 2. The molecule has 0 aliphatic rings. The molecule has 3 aromatic rings. The summed E-state index contributed by atoms with van der Waals surface area (Å²) in [6.07, 6.45) is 11.9. The van der Waals surface area contributed by atoms with Gasteiger partial charge in [-0.15, -0.1) is 0 Å². The van der Waals surface area contributed by atoms with Crippen molar-refractivity contribution in [1.82, 2.24) is 4.90 Å². The van der Waals surface area contributed by atoms with Crippen LogP contribution in [0.5, 0.6) is 0 Å². The van der Waals surface area contributed by atoms with Gasteiger partial charge in [0.15, 0.2) is 0 Å². The van der Waals surface area contributed by atoms with Gasteiger partial charge >= 0.3 is 11.9 Å². The maximum Gasteiger partial charge on any atom is 0.303 e. The van der Waals surface area contributed by atoms with Crippen LogP contribution in [-0.4, -0.2) is 51.8 Å². The molecule has 3 N–H and O–H groups in total. The van der Waals surface area contributed by atoms with Crippen LogP contribution in [0.3, 0.4) is 0 Å². The number of hydrogen-bond acceptors (Lipinski definition) is 4. The van der Waals surface area contributed by atoms with E-state index in [9.17, 15) is 14.7 Å². The summed E-state index contributed by atoms with van der Waals surface area (Å²) in [5.41, 5.74) is 1.05. The summed E-state index contributed by atoms with van der Waals surface area (Å²) < 4.78 is 1.08. The molecule has 0 fully saturated rings. The van der Waals surface area contributed by atoms with Crippen LogP contribution in [-0.2, 0) is 9.59 Å². The van der Waals surface area contributed by atoms with Crippen LogP contribution in [0.15, 0.2) is 53.0 Å². The third-order valence-corrected chi connectivity index (χ3v) is 7.85. The van der Waals surface area contributed by atoms with E-state index in [1.54, 1.807) is 0 Å². The largest absolute Gasteiger partial charge is 0.481 e. The summed E-state index contributed by atoms with van der Waals surface area (Å²) in [6.45, 7) is 7.43. The number of unbranched alkanes of at least 4 members (excludes halogenated alkanes) is 8. The Balaban J connectivity index is 0.000000642. The molecule has 0 aromatic heterocycles. The van der Waals surface area contributed by atoms with Crippen molar-refractivity contribution in [3.63, 3.8) is 0 Å². The molecular weight excluding hydrogens is 582 g/mol. The van der Waals surface area contributed by atoms with Crippen molar-refractivity contribution in [3.8, 4) is 0 Å². The zero-order valence-electron chi connectivity index (χ0n) is 24.8. The van der Waals surface area contributed by atoms with Crippen molar-refractivity contribution in [2.45, 2.75) is 97.0 Å². The van der Waals surface area contributed by atoms with Gasteiger partial charge in [0.1, 0.15) is 0 Å². The molecule has 0 bridgehead atoms. The molecule has 1 unspecified atom stereocenters. The van der Waals surface area contributed by atoms with Gasteiger partial charge in [0, 0.05) is 11.0 Å². The van der Waals surface area contributed by atoms with Crippen molar-refractivity contribution in [2.75, 3.05) is 19.6 Å². The van der Waals surface area contributed by atoms with Gasteiger partial charge in [0.05, 0.1) is 18.9 Å². The first kappa shape index (κ1) is 34.7. The van der Waals surface area contributed by atoms with Gasteiger partial charge in [-0.2, -0.15) is 0 Å². The van der Waals surface area contributed by atoms with Crippen LogP contribution >= 0.6 is 15.9 Å². The Morgan fingerprint density at radius 3 is 1.85 bits per heavy atom. The van der Waals surface area contributed by atoms with Crippen molar-refractivity contribution in [3.05, 3.63) is 58.6 Å². The van der Waals surface area contributed by atoms with E-state index in [4.69, 9.17) is 10.2 Å². The molecule has 226 valence electrons. The lowest BCUT2D eigenvalue weighted by Crippen LogP contribution is -2.31. The number of aliphatic hydroxyl groups excluding tert-OH is 1. The first-order valence-corrected chi connectivity index (χ1v) is 16.0. The zero-order chi connectivity index (χ0) is 30.0. The second-order valence-electron chi connectivity index (χ2n) is 10.8. The minimum atomic E-state index is -1.08. The minimum Gasteiger partial charge on any atom is -0.481 e. The summed E-state index contributed by atoms with van der Waals surface area (Å²) in [5, 5.41) is 32.1. The van der Waals surface area contributed by atoms with Crippen LogP contribution in [0.4, 0.5) is 0 Å². The van der Waals surface area contributed by atoms with Crippen LogP contribution in [0.2, 0.25) is 0 Å². The number of aliphatic carboxylic acids is 2. The van der Waals surface area contributed by atoms with Crippen molar-refractivity contribution in [1.29, 1.82) is 0 Å². The molecule has 1 atom stereocenters. The minimum absolute atomic E-state index is 0.296. The molecule has 0 aliphatic carbocycles. The number of hydrogen-bond donors (Lipinski definition) is 3. The van der Waals surface area contributed by atoms with Crippen LogP contribution in [0, 0.1) is 0 Å². The Hall–Kier alpha value is -2.48. The van der Waals surface area contributed by atoms with Gasteiger partial charge < -0.3 is 20.2 Å². The lowest BCUT2D eigenvalue weighted by Gasteiger charge is -2.26. The average molecular weight is 631 g/mol. The standard InChI is InChI=1S/C30H42BrNO.C4H6O4/c1-3-5-7-9-13-19-32(20-14-10-8-6-4-2)23-30(33)29-21-24-15-11-12-16-26(24)28-22-25(31)17-18-27(28)29;5-3(6)1-2-4(7)8/h11-12,15-18,21-22,30,33H,3-10,13-14,19-20,23H2,1-2H3;1-2H2,(H,5,6)(H,7,8). The Bertz CT molecular complexity index is 1190. The number of carboxylic acids is 2. The van der Waals surface area contributed by atoms with E-state index in [0.717, 1.165) is 28.5 Å². The Labute approximate surface area is 253 Å². The molecule has 7 heteroatoms. The fraction of sp³-hybridized carbons (Fsp3) is 0.529. The van der Waals surface area contributed by atoms with Gasteiger partial charge in [0.25, 0.3) is 0 Å². The summed E-state index contributed by atoms with van der Waals surface area (Å²) in [5.74, 6) is -2.15. The summed E-state index contributed by atoms with van der Waals surface area (Å²) >= 11 is 3.64. The van der Waals surface area contributed by atoms with Crippen LogP contribution < -0.4 is 0 Å². The van der Waals surface area contributed by atoms with Gasteiger partial charge in [-0.1, -0.05) is 111 Å². The van der Waals surface area contributed by atoms with Crippen LogP contribution in [0.1, 0.15) is 103 Å². The molecule has 0 spiro atoms. The molecule has 0 amide bonds. The molecule has 0 saturated carbocycles. The molecule has 0 heterocycles. The first-order chi connectivity index (χ1) is 19.8. The Morgan fingerprint density at radius 1 is 0.732 bits per heavy atom. The smallest absolute Gasteiger partial charge is 0.303 e. The summed E-state index contributed by atoms with van der Waals surface area (Å²) in [4.78, 5) is 21.8. The lowest BCUT2D eigenvalue weighted by molar-refractivity contribution is -0.143. The third kappa shape index (κ3) is 12.9. The van der Waals surface area contributed by atoms with E-state index in [1.807, 2.05) is 0 Å². The second kappa shape index (κ2) is 19.6. The molecule has 0 aliphatic heterocycles. The number of rotatable bonds is 18. The number of nitrogens with zero attached hydrogens (tertiary/aromatic N) is 1. The van der Waals surface area contributed by atoms with E-state index in [0.29, 0.717) is 6.54 Å². The predicted octanol–water partition coefficient (Wildman–Crippen LogP) is 8.97. The molecular formula is C34H48BrNO5. The highest BCUT2D eigenvalue weighted by Gasteiger charge is 2.18. The number of fused-ring (bicyclic) bond motifs is 3. The molecule has 41 heavy (non-hydrogen) atoms. The van der Waals surface area contributed by atoms with Crippen LogP contribution in [0.25, 0.3) is 21.5 Å². The molecule has 6 nitrogen and oxygen atoms in total. The summed E-state index contributed by atoms with van der Waals surface area (Å²) in [7, 11) is 0. The van der Waals surface area contributed by atoms with Gasteiger partial charge in [-0.05, 0) is 71.2 Å². The third-order valence-electron chi connectivity index (χ3n) is 7.35. The van der Waals surface area contributed by atoms with Gasteiger partial charge in [-0.25, -0.2) is 0 Å². The topological polar surface area (TPSA) is 98.1 Å². The average Bonchev–Trinajstić information content (AvgIpc) is 2.95. The van der Waals surface area contributed by atoms with Gasteiger partial charge in [0.2, 0.25) is 0 Å². The fourth-order valence-electron chi connectivity index (χ4n) is 5.11. The first-order valence-electron chi connectivity index (χ1n) is 15.2. The maximum absolute atomic E-state index is 11.4. The Kier molecular flexibility index (Phi) is 16.6. The molecule has 3 rings (SSSR count). The fourth-order valence-corrected chi connectivity index (χ4v) is 5.47. The van der Waals surface area contributed by atoms with E-state index >= 15 is 0 Å². The monoisotopic (exact) mass is 629 g/mol. The lowest BCUT2D eigenvalue weighted by atomic mass is 9.94. The number of halogens is 1. The van der Waals surface area contributed by atoms with Crippen molar-refractivity contribution < 1.29 is 24.9 Å². The highest BCUT2D eigenvalue weighted by atomic mass is 79.9. The van der Waals surface area contributed by atoms with E-state index in [1.165, 1.54) is 80.4 Å². The highest BCUT2D eigenvalue weighted by Crippen LogP contribution is 2.34. The van der Waals surface area contributed by atoms with E-state index in [2.05, 4.69) is 83.2 Å². The van der Waals surface area contributed by atoms with E-state index < -0.39 is 18.0 Å². The zero-order valence-corrected chi connectivity index (χ0v) is 26.4. The predicted molar refractivity (Wildman–Crippen MR) is 173 cm³/mol. The maximum atomic E-state index is 11.4. The quantitative estimate of drug-likeness (QED) is 0.0959. The number of carboxylic acid groups (broad SMARTS) is 2. The number of aliphatic hydroxyl groups is 1. The Morgan fingerprint density at radius 2 is 1.29 bits per heavy atom. The SMILES string of the molecule is CCCCCCCN(CCCCCCC)CC(O)c1cc2ccccc2c2cc(Br)ccc12.O=C(O)CCC(=O)O. The normalized spacial score (nSPS) is 11.9. The van der Waals surface area contributed by atoms with E-state index in [-0.39, 0.29) is 12.8 Å². The summed E-state index contributed by atoms with van der Waals surface area (Å²) in [6, 6.07) is 17.2. The number of benzene rings is 3. The van der Waals surface area contributed by atoms with Crippen molar-refractivity contribution in [2.24, 2.45) is 0 Å². The van der Waals surface area contributed by atoms with Crippen molar-refractivity contribution >= 4 is 49.4 Å². The highest BCUT2D eigenvalue weighted by molar-refractivity contribution is 9.10.